The van der Waals surface area contributed by atoms with Crippen molar-refractivity contribution in [2.75, 3.05) is 11.9 Å². The first-order valence-electron chi connectivity index (χ1n) is 6.84. The summed E-state index contributed by atoms with van der Waals surface area (Å²) in [5.74, 6) is 0.595. The Morgan fingerprint density at radius 1 is 1.45 bits per heavy atom. The Kier molecular flexibility index (Phi) is 3.84. The summed E-state index contributed by atoms with van der Waals surface area (Å²) in [4.78, 5) is 12.1. The van der Waals surface area contributed by atoms with Crippen LogP contribution in [0.15, 0.2) is 28.1 Å². The lowest BCUT2D eigenvalue weighted by molar-refractivity contribution is 0.457. The first-order chi connectivity index (χ1) is 9.23. The molecule has 1 heterocycles. The van der Waals surface area contributed by atoms with Gasteiger partial charge in [-0.25, -0.2) is 4.68 Å². The fourth-order valence-corrected chi connectivity index (χ4v) is 3.34. The van der Waals surface area contributed by atoms with Crippen LogP contribution in [0.3, 0.4) is 0 Å². The Bertz CT molecular complexity index is 575. The van der Waals surface area contributed by atoms with E-state index in [1.54, 1.807) is 12.3 Å². The van der Waals surface area contributed by atoms with E-state index in [2.05, 4.69) is 60.6 Å². The van der Waals surface area contributed by atoms with Crippen molar-refractivity contribution in [1.29, 1.82) is 0 Å². The lowest BCUT2D eigenvalue weighted by Gasteiger charge is -2.10. The fourth-order valence-electron chi connectivity index (χ4n) is 2.90. The highest BCUT2D eigenvalue weighted by molar-refractivity contribution is 9.10. The summed E-state index contributed by atoms with van der Waals surface area (Å²) >= 11 is 3.36. The summed E-state index contributed by atoms with van der Waals surface area (Å²) in [5.41, 5.74) is 1.29. The molecule has 20 heavy (non-hydrogen) atoms. The molecule has 110 valence electrons. The Morgan fingerprint density at radius 2 is 2.05 bits per heavy atom. The van der Waals surface area contributed by atoms with Crippen molar-refractivity contribution in [3.05, 3.63) is 33.7 Å². The van der Waals surface area contributed by atoms with Crippen molar-refractivity contribution in [2.45, 2.75) is 34.2 Å². The van der Waals surface area contributed by atoms with Gasteiger partial charge in [0.15, 0.2) is 0 Å². The maximum absolute atomic E-state index is 12.1. The van der Waals surface area contributed by atoms with Crippen LogP contribution < -0.4 is 10.9 Å². The molecule has 0 atom stereocenters. The second-order valence-electron chi connectivity index (χ2n) is 6.53. The second-order valence-corrected chi connectivity index (χ2v) is 7.32. The van der Waals surface area contributed by atoms with E-state index in [9.17, 15) is 4.79 Å². The van der Waals surface area contributed by atoms with Gasteiger partial charge in [-0.1, -0.05) is 33.8 Å². The van der Waals surface area contributed by atoms with Crippen molar-refractivity contribution in [3.8, 4) is 0 Å². The van der Waals surface area contributed by atoms with E-state index < -0.39 is 0 Å². The molecule has 1 N–H and O–H groups in total. The van der Waals surface area contributed by atoms with Crippen molar-refractivity contribution in [1.82, 2.24) is 9.78 Å². The predicted octanol–water partition coefficient (Wildman–Crippen LogP) is 3.29. The second kappa shape index (κ2) is 5.02. The Hall–Kier alpha value is -1.10. The lowest BCUT2D eigenvalue weighted by atomic mass is 10.0. The molecule has 4 nitrogen and oxygen atoms in total. The summed E-state index contributed by atoms with van der Waals surface area (Å²) in [6.45, 7) is 14.0. The Labute approximate surface area is 128 Å². The Balaban J connectivity index is 2.11. The minimum absolute atomic E-state index is 0.135. The average Bonchev–Trinajstić information content (AvgIpc) is 2.76. The zero-order valence-electron chi connectivity index (χ0n) is 12.5. The van der Waals surface area contributed by atoms with Crippen LogP contribution in [-0.2, 0) is 6.54 Å². The summed E-state index contributed by atoms with van der Waals surface area (Å²) in [6.07, 6.45) is 3.35. The predicted molar refractivity (Wildman–Crippen MR) is 85.9 cm³/mol. The SMILES string of the molecule is C=CCn1ncc(NCC2C(C)(C)C2(C)C)c(Br)c1=O. The highest BCUT2D eigenvalue weighted by Gasteiger charge is 2.64. The van der Waals surface area contributed by atoms with E-state index in [0.717, 1.165) is 12.2 Å². The van der Waals surface area contributed by atoms with Crippen molar-refractivity contribution >= 4 is 21.6 Å². The summed E-state index contributed by atoms with van der Waals surface area (Å²) in [7, 11) is 0. The molecule has 2 rings (SSSR count). The number of halogens is 1. The molecule has 1 aliphatic carbocycles. The number of hydrogen-bond acceptors (Lipinski definition) is 3. The van der Waals surface area contributed by atoms with Crippen LogP contribution in [-0.4, -0.2) is 16.3 Å². The monoisotopic (exact) mass is 339 g/mol. The topological polar surface area (TPSA) is 46.9 Å². The maximum atomic E-state index is 12.1. The molecule has 0 radical (unpaired) electrons. The van der Waals surface area contributed by atoms with Crippen LogP contribution in [0.2, 0.25) is 0 Å². The van der Waals surface area contributed by atoms with Gasteiger partial charge in [-0.2, -0.15) is 5.10 Å². The van der Waals surface area contributed by atoms with Gasteiger partial charge >= 0.3 is 0 Å². The molecule has 0 spiro atoms. The molecular formula is C15H22BrN3O. The maximum Gasteiger partial charge on any atom is 0.283 e. The van der Waals surface area contributed by atoms with Gasteiger partial charge in [-0.15, -0.1) is 6.58 Å². The van der Waals surface area contributed by atoms with E-state index in [1.807, 2.05) is 0 Å². The van der Waals surface area contributed by atoms with E-state index in [-0.39, 0.29) is 5.56 Å². The molecule has 1 aromatic rings. The quantitative estimate of drug-likeness (QED) is 0.837. The third-order valence-corrected chi connectivity index (χ3v) is 5.87. The number of allylic oxidation sites excluding steroid dienone is 1. The van der Waals surface area contributed by atoms with Crippen molar-refractivity contribution in [3.63, 3.8) is 0 Å². The lowest BCUT2D eigenvalue weighted by Crippen LogP contribution is -2.24. The van der Waals surface area contributed by atoms with E-state index in [1.165, 1.54) is 4.68 Å². The van der Waals surface area contributed by atoms with Gasteiger partial charge in [0.2, 0.25) is 0 Å². The molecule has 1 aliphatic rings. The number of nitrogens with zero attached hydrogens (tertiary/aromatic N) is 2. The number of nitrogens with one attached hydrogen (secondary N) is 1. The van der Waals surface area contributed by atoms with Crippen LogP contribution in [0.25, 0.3) is 0 Å². The zero-order valence-corrected chi connectivity index (χ0v) is 14.1. The number of rotatable bonds is 5. The van der Waals surface area contributed by atoms with Gasteiger partial charge in [0.25, 0.3) is 5.56 Å². The van der Waals surface area contributed by atoms with Gasteiger partial charge in [-0.3, -0.25) is 4.79 Å². The molecule has 0 bridgehead atoms. The van der Waals surface area contributed by atoms with E-state index in [4.69, 9.17) is 0 Å². The zero-order chi connectivity index (χ0) is 15.1. The number of hydrogen-bond donors (Lipinski definition) is 1. The molecule has 0 aromatic carbocycles. The number of anilines is 1. The van der Waals surface area contributed by atoms with Gasteiger partial charge in [-0.05, 0) is 32.7 Å². The summed E-state index contributed by atoms with van der Waals surface area (Å²) in [6, 6.07) is 0. The molecule has 0 unspecified atom stereocenters. The van der Waals surface area contributed by atoms with Crippen LogP contribution >= 0.6 is 15.9 Å². The molecule has 1 saturated carbocycles. The minimum Gasteiger partial charge on any atom is -0.382 e. The fraction of sp³-hybridized carbons (Fsp3) is 0.600. The molecule has 0 aliphatic heterocycles. The van der Waals surface area contributed by atoms with E-state index in [0.29, 0.717) is 27.8 Å². The van der Waals surface area contributed by atoms with Gasteiger partial charge < -0.3 is 5.32 Å². The molecule has 0 saturated heterocycles. The third kappa shape index (κ3) is 2.32. The van der Waals surface area contributed by atoms with Crippen molar-refractivity contribution in [2.24, 2.45) is 16.7 Å². The van der Waals surface area contributed by atoms with Crippen LogP contribution in [0.4, 0.5) is 5.69 Å². The molecule has 5 heteroatoms. The van der Waals surface area contributed by atoms with Crippen molar-refractivity contribution < 1.29 is 0 Å². The average molecular weight is 340 g/mol. The smallest absolute Gasteiger partial charge is 0.283 e. The van der Waals surface area contributed by atoms with Crippen LogP contribution in [0, 0.1) is 16.7 Å². The van der Waals surface area contributed by atoms with Crippen LogP contribution in [0.5, 0.6) is 0 Å². The molecule has 1 fully saturated rings. The van der Waals surface area contributed by atoms with Gasteiger partial charge in [0.05, 0.1) is 18.4 Å². The largest absolute Gasteiger partial charge is 0.382 e. The molecular weight excluding hydrogens is 318 g/mol. The summed E-state index contributed by atoms with van der Waals surface area (Å²) in [5, 5.41) is 7.49. The highest BCUT2D eigenvalue weighted by Crippen LogP contribution is 2.68. The first-order valence-corrected chi connectivity index (χ1v) is 7.63. The van der Waals surface area contributed by atoms with E-state index >= 15 is 0 Å². The van der Waals surface area contributed by atoms with Gasteiger partial charge in [0.1, 0.15) is 4.47 Å². The Morgan fingerprint density at radius 3 is 2.55 bits per heavy atom. The molecule has 1 aromatic heterocycles. The highest BCUT2D eigenvalue weighted by atomic mass is 79.9. The summed E-state index contributed by atoms with van der Waals surface area (Å²) < 4.78 is 1.92. The first kappa shape index (κ1) is 15.3. The normalized spacial score (nSPS) is 19.6. The minimum atomic E-state index is -0.135. The number of aromatic nitrogens is 2. The van der Waals surface area contributed by atoms with Crippen LogP contribution in [0.1, 0.15) is 27.7 Å². The van der Waals surface area contributed by atoms with Gasteiger partial charge in [0, 0.05) is 6.54 Å². The standard InChI is InChI=1S/C15H22BrN3O/c1-6-7-19-13(20)12(16)10(8-18-19)17-9-11-14(2,3)15(11,4)5/h6,8,11,17H,1,7,9H2,2-5H3. The third-order valence-electron chi connectivity index (χ3n) is 5.10. The molecule has 0 amide bonds.